The van der Waals surface area contributed by atoms with Crippen LogP contribution < -0.4 is 5.32 Å². The van der Waals surface area contributed by atoms with Gasteiger partial charge in [0.15, 0.2) is 0 Å². The van der Waals surface area contributed by atoms with Crippen molar-refractivity contribution in [2.45, 2.75) is 39.5 Å². The molecule has 17 heavy (non-hydrogen) atoms. The molecular formula is C15H21NO. The molecule has 0 saturated heterocycles. The van der Waals surface area contributed by atoms with Crippen LogP contribution in [0.2, 0.25) is 0 Å². The molecule has 2 heteroatoms. The lowest BCUT2D eigenvalue weighted by Gasteiger charge is -2.04. The van der Waals surface area contributed by atoms with E-state index >= 15 is 0 Å². The van der Waals surface area contributed by atoms with Gasteiger partial charge in [-0.3, -0.25) is 4.79 Å². The minimum atomic E-state index is -0.00850. The van der Waals surface area contributed by atoms with Crippen molar-refractivity contribution >= 4 is 5.91 Å². The van der Waals surface area contributed by atoms with E-state index < -0.39 is 0 Å². The summed E-state index contributed by atoms with van der Waals surface area (Å²) in [7, 11) is 0. The smallest absolute Gasteiger partial charge is 0.243 e. The lowest BCUT2D eigenvalue weighted by Crippen LogP contribution is -2.25. The lowest BCUT2D eigenvalue weighted by molar-refractivity contribution is -0.116. The van der Waals surface area contributed by atoms with Gasteiger partial charge >= 0.3 is 0 Å². The molecule has 1 amide bonds. The summed E-state index contributed by atoms with van der Waals surface area (Å²) in [4.78, 5) is 11.3. The predicted molar refractivity (Wildman–Crippen MR) is 72.1 cm³/mol. The topological polar surface area (TPSA) is 29.1 Å². The first-order valence-electron chi connectivity index (χ1n) is 6.04. The minimum Gasteiger partial charge on any atom is -0.352 e. The van der Waals surface area contributed by atoms with Gasteiger partial charge in [0.25, 0.3) is 0 Å². The molecule has 0 radical (unpaired) electrons. The molecule has 0 bridgehead atoms. The maximum absolute atomic E-state index is 11.3. The highest BCUT2D eigenvalue weighted by atomic mass is 16.1. The number of nitrogens with one attached hydrogen (secondary N) is 1. The van der Waals surface area contributed by atoms with Crippen LogP contribution >= 0.6 is 0 Å². The molecule has 0 saturated carbocycles. The summed E-state index contributed by atoms with van der Waals surface area (Å²) in [6, 6.07) is 0. The molecule has 0 aliphatic carbocycles. The van der Waals surface area contributed by atoms with Gasteiger partial charge in [-0.1, -0.05) is 25.8 Å². The molecule has 2 nitrogen and oxygen atoms in total. The Morgan fingerprint density at radius 3 is 2.82 bits per heavy atom. The Morgan fingerprint density at radius 1 is 1.41 bits per heavy atom. The summed E-state index contributed by atoms with van der Waals surface area (Å²) in [5, 5.41) is 2.83. The standard InChI is InChI=1S/C15H21NO/c1-4-5-6-7-8-9-10-11-12-15(17)16-13-14(2)3/h1,11-12,14H,7-10,13H2,2-3H3,(H,16,17)/b12-11-. The number of rotatable bonds is 7. The molecule has 0 fully saturated rings. The van der Waals surface area contributed by atoms with Crippen LogP contribution in [0.3, 0.4) is 0 Å². The lowest BCUT2D eigenvalue weighted by atomic mass is 10.2. The summed E-state index contributed by atoms with van der Waals surface area (Å²) in [6.45, 7) is 4.87. The second-order valence-electron chi connectivity index (χ2n) is 4.23. The molecule has 1 N–H and O–H groups in total. The highest BCUT2D eigenvalue weighted by Gasteiger charge is 1.96. The Labute approximate surface area is 105 Å². The Balaban J connectivity index is 3.47. The van der Waals surface area contributed by atoms with Gasteiger partial charge in [0, 0.05) is 13.0 Å². The van der Waals surface area contributed by atoms with E-state index in [1.54, 1.807) is 6.08 Å². The van der Waals surface area contributed by atoms with Crippen molar-refractivity contribution in [1.29, 1.82) is 0 Å². The zero-order valence-electron chi connectivity index (χ0n) is 10.8. The summed E-state index contributed by atoms with van der Waals surface area (Å²) in [6.07, 6.45) is 12.3. The number of unbranched alkanes of at least 4 members (excludes halogenated alkanes) is 3. The first kappa shape index (κ1) is 15.3. The minimum absolute atomic E-state index is 0.00850. The van der Waals surface area contributed by atoms with Crippen LogP contribution in [0, 0.1) is 30.1 Å². The van der Waals surface area contributed by atoms with E-state index in [4.69, 9.17) is 6.42 Å². The Hall–Kier alpha value is -1.67. The Morgan fingerprint density at radius 2 is 2.18 bits per heavy atom. The first-order chi connectivity index (χ1) is 8.16. The summed E-state index contributed by atoms with van der Waals surface area (Å²) in [5.74, 6) is 8.22. The fraction of sp³-hybridized carbons (Fsp3) is 0.533. The van der Waals surface area contributed by atoms with Crippen LogP contribution in [0.1, 0.15) is 39.5 Å². The molecule has 0 rings (SSSR count). The van der Waals surface area contributed by atoms with Crippen molar-refractivity contribution in [3.8, 4) is 24.2 Å². The third-order valence-corrected chi connectivity index (χ3v) is 2.04. The van der Waals surface area contributed by atoms with Crippen LogP contribution in [0.4, 0.5) is 0 Å². The van der Waals surface area contributed by atoms with E-state index in [0.29, 0.717) is 5.92 Å². The molecule has 0 spiro atoms. The van der Waals surface area contributed by atoms with Crippen molar-refractivity contribution in [3.63, 3.8) is 0 Å². The average Bonchev–Trinajstić information content (AvgIpc) is 2.30. The van der Waals surface area contributed by atoms with Gasteiger partial charge in [-0.25, -0.2) is 0 Å². The maximum Gasteiger partial charge on any atom is 0.243 e. The van der Waals surface area contributed by atoms with E-state index in [1.165, 1.54) is 0 Å². The summed E-state index contributed by atoms with van der Waals surface area (Å²) in [5.41, 5.74) is 0. The van der Waals surface area contributed by atoms with Gasteiger partial charge in [-0.05, 0) is 43.1 Å². The number of hydrogen-bond donors (Lipinski definition) is 1. The van der Waals surface area contributed by atoms with Crippen molar-refractivity contribution < 1.29 is 4.79 Å². The van der Waals surface area contributed by atoms with E-state index in [-0.39, 0.29) is 5.91 Å². The Kier molecular flexibility index (Phi) is 9.77. The van der Waals surface area contributed by atoms with Crippen LogP contribution in [0.25, 0.3) is 0 Å². The van der Waals surface area contributed by atoms with E-state index in [9.17, 15) is 4.79 Å². The SMILES string of the molecule is C#CC#CCCCC/C=C\C(=O)NCC(C)C. The molecule has 0 aromatic rings. The van der Waals surface area contributed by atoms with Gasteiger partial charge in [-0.15, -0.1) is 6.42 Å². The number of hydrogen-bond acceptors (Lipinski definition) is 1. The third-order valence-electron chi connectivity index (χ3n) is 2.04. The molecule has 0 aromatic heterocycles. The molecule has 0 atom stereocenters. The molecule has 0 aliphatic heterocycles. The van der Waals surface area contributed by atoms with Crippen LogP contribution in [-0.4, -0.2) is 12.5 Å². The number of amides is 1. The highest BCUT2D eigenvalue weighted by molar-refractivity contribution is 5.87. The monoisotopic (exact) mass is 231 g/mol. The summed E-state index contributed by atoms with van der Waals surface area (Å²) >= 11 is 0. The molecular weight excluding hydrogens is 210 g/mol. The number of terminal acetylenes is 1. The Bertz CT molecular complexity index is 336. The highest BCUT2D eigenvalue weighted by Crippen LogP contribution is 1.99. The van der Waals surface area contributed by atoms with E-state index in [0.717, 1.165) is 32.2 Å². The van der Waals surface area contributed by atoms with Crippen molar-refractivity contribution in [2.24, 2.45) is 5.92 Å². The zero-order chi connectivity index (χ0) is 12.9. The second-order valence-corrected chi connectivity index (χ2v) is 4.23. The molecule has 0 aromatic carbocycles. The summed E-state index contributed by atoms with van der Waals surface area (Å²) < 4.78 is 0. The third kappa shape index (κ3) is 12.3. The second kappa shape index (κ2) is 10.8. The van der Waals surface area contributed by atoms with Crippen LogP contribution in [-0.2, 0) is 4.79 Å². The van der Waals surface area contributed by atoms with Gasteiger partial charge in [0.1, 0.15) is 0 Å². The predicted octanol–water partition coefficient (Wildman–Crippen LogP) is 2.51. The maximum atomic E-state index is 11.3. The quantitative estimate of drug-likeness (QED) is 0.407. The van der Waals surface area contributed by atoms with Crippen molar-refractivity contribution in [3.05, 3.63) is 12.2 Å². The largest absolute Gasteiger partial charge is 0.352 e. The number of allylic oxidation sites excluding steroid dienone is 1. The van der Waals surface area contributed by atoms with Crippen molar-refractivity contribution in [2.75, 3.05) is 6.54 Å². The fourth-order valence-electron chi connectivity index (χ4n) is 1.14. The van der Waals surface area contributed by atoms with Gasteiger partial charge in [-0.2, -0.15) is 0 Å². The number of carbonyl (C=O) groups is 1. The van der Waals surface area contributed by atoms with Gasteiger partial charge in [0.05, 0.1) is 0 Å². The zero-order valence-corrected chi connectivity index (χ0v) is 10.8. The van der Waals surface area contributed by atoms with E-state index in [1.807, 2.05) is 6.08 Å². The fourth-order valence-corrected chi connectivity index (χ4v) is 1.14. The first-order valence-corrected chi connectivity index (χ1v) is 6.04. The normalized spacial score (nSPS) is 9.76. The van der Waals surface area contributed by atoms with E-state index in [2.05, 4.69) is 36.9 Å². The van der Waals surface area contributed by atoms with Crippen molar-refractivity contribution in [1.82, 2.24) is 5.32 Å². The molecule has 0 heterocycles. The van der Waals surface area contributed by atoms with Gasteiger partial charge < -0.3 is 5.32 Å². The molecule has 0 aliphatic rings. The molecule has 0 unspecified atom stereocenters. The van der Waals surface area contributed by atoms with Crippen LogP contribution in [0.5, 0.6) is 0 Å². The average molecular weight is 231 g/mol. The molecule has 92 valence electrons. The number of carbonyl (C=O) groups excluding carboxylic acids is 1. The van der Waals surface area contributed by atoms with Crippen LogP contribution in [0.15, 0.2) is 12.2 Å². The van der Waals surface area contributed by atoms with Gasteiger partial charge in [0.2, 0.25) is 5.91 Å².